The van der Waals surface area contributed by atoms with Crippen molar-refractivity contribution in [1.29, 1.82) is 0 Å². The van der Waals surface area contributed by atoms with Gasteiger partial charge in [0.05, 0.1) is 5.41 Å². The Morgan fingerprint density at radius 3 is 2.14 bits per heavy atom. The lowest BCUT2D eigenvalue weighted by Crippen LogP contribution is -2.57. The van der Waals surface area contributed by atoms with Crippen LogP contribution in [-0.2, 0) is 9.59 Å². The Labute approximate surface area is 173 Å². The number of carbonyl (C=O) groups is 2. The summed E-state index contributed by atoms with van der Waals surface area (Å²) < 4.78 is 5.53. The molecular weight excluding hydrogens is 364 g/mol. The van der Waals surface area contributed by atoms with Gasteiger partial charge in [-0.15, -0.1) is 0 Å². The zero-order chi connectivity index (χ0) is 19.8. The van der Waals surface area contributed by atoms with Crippen LogP contribution in [0.3, 0.4) is 0 Å². The fraction of sp³-hybridized carbons (Fsp3) is 0.667. The van der Waals surface area contributed by atoms with E-state index in [2.05, 4.69) is 10.2 Å². The van der Waals surface area contributed by atoms with Crippen molar-refractivity contribution in [2.24, 2.45) is 23.2 Å². The smallest absolute Gasteiger partial charge is 0.258 e. The molecule has 5 heteroatoms. The Kier molecular flexibility index (Phi) is 5.00. The SMILES string of the molecule is O=C(COc1ccccc1)NC1CCN(C(=O)C23CC4CC(CC(C4)C2)C3)CC1. The molecule has 1 aromatic carbocycles. The maximum atomic E-state index is 13.5. The summed E-state index contributed by atoms with van der Waals surface area (Å²) in [7, 11) is 0. The standard InChI is InChI=1S/C24H32N2O3/c27-22(16-29-21-4-2-1-3-5-21)25-20-6-8-26(9-7-20)23(28)24-13-17-10-18(14-24)12-19(11-17)15-24/h1-5,17-20H,6-16H2,(H,25,27). The first-order chi connectivity index (χ1) is 14.1. The van der Waals surface area contributed by atoms with Gasteiger partial charge in [0.1, 0.15) is 5.75 Å². The van der Waals surface area contributed by atoms with Crippen LogP contribution < -0.4 is 10.1 Å². The van der Waals surface area contributed by atoms with Crippen molar-refractivity contribution in [3.8, 4) is 5.75 Å². The molecule has 6 rings (SSSR count). The van der Waals surface area contributed by atoms with Gasteiger partial charge in [-0.1, -0.05) is 18.2 Å². The van der Waals surface area contributed by atoms with Gasteiger partial charge in [0.2, 0.25) is 5.91 Å². The van der Waals surface area contributed by atoms with Crippen LogP contribution in [0.15, 0.2) is 30.3 Å². The Hall–Kier alpha value is -2.04. The molecule has 0 radical (unpaired) electrons. The molecule has 29 heavy (non-hydrogen) atoms. The molecule has 1 heterocycles. The van der Waals surface area contributed by atoms with Crippen LogP contribution in [0.25, 0.3) is 0 Å². The van der Waals surface area contributed by atoms with Crippen LogP contribution in [-0.4, -0.2) is 42.5 Å². The van der Waals surface area contributed by atoms with E-state index in [1.165, 1.54) is 19.3 Å². The van der Waals surface area contributed by atoms with Gasteiger partial charge in [-0.05, 0) is 81.3 Å². The molecule has 1 aliphatic heterocycles. The lowest BCUT2D eigenvalue weighted by atomic mass is 9.49. The first-order valence-corrected chi connectivity index (χ1v) is 11.4. The zero-order valence-electron chi connectivity index (χ0n) is 17.1. The number of nitrogens with one attached hydrogen (secondary N) is 1. The predicted octanol–water partition coefficient (Wildman–Crippen LogP) is 3.39. The third-order valence-electron chi connectivity index (χ3n) is 7.75. The molecule has 0 atom stereocenters. The van der Waals surface area contributed by atoms with Crippen molar-refractivity contribution in [3.05, 3.63) is 30.3 Å². The summed E-state index contributed by atoms with van der Waals surface area (Å²) >= 11 is 0. The highest BCUT2D eigenvalue weighted by Crippen LogP contribution is 2.60. The molecule has 4 bridgehead atoms. The fourth-order valence-electron chi connectivity index (χ4n) is 6.87. The number of ether oxygens (including phenoxy) is 1. The third-order valence-corrected chi connectivity index (χ3v) is 7.75. The molecule has 1 saturated heterocycles. The van der Waals surface area contributed by atoms with E-state index in [0.717, 1.165) is 62.9 Å². The second kappa shape index (κ2) is 7.66. The molecule has 156 valence electrons. The van der Waals surface area contributed by atoms with Crippen LogP contribution in [0.1, 0.15) is 51.4 Å². The van der Waals surface area contributed by atoms with Gasteiger partial charge in [0, 0.05) is 19.1 Å². The molecule has 0 unspecified atom stereocenters. The molecule has 1 aromatic rings. The van der Waals surface area contributed by atoms with E-state index in [1.54, 1.807) is 0 Å². The van der Waals surface area contributed by atoms with Gasteiger partial charge >= 0.3 is 0 Å². The number of amides is 2. The zero-order valence-corrected chi connectivity index (χ0v) is 17.1. The van der Waals surface area contributed by atoms with Crippen molar-refractivity contribution in [2.75, 3.05) is 19.7 Å². The summed E-state index contributed by atoms with van der Waals surface area (Å²) in [5.74, 6) is 3.44. The summed E-state index contributed by atoms with van der Waals surface area (Å²) in [6.07, 6.45) is 9.18. The topological polar surface area (TPSA) is 58.6 Å². The van der Waals surface area contributed by atoms with Gasteiger partial charge in [-0.3, -0.25) is 9.59 Å². The number of rotatable bonds is 5. The largest absolute Gasteiger partial charge is 0.484 e. The first-order valence-electron chi connectivity index (χ1n) is 11.4. The van der Waals surface area contributed by atoms with Gasteiger partial charge in [0.15, 0.2) is 6.61 Å². The highest BCUT2D eigenvalue weighted by Gasteiger charge is 2.55. The number of nitrogens with zero attached hydrogens (tertiary/aromatic N) is 1. The fourth-order valence-corrected chi connectivity index (χ4v) is 6.87. The average molecular weight is 397 g/mol. The van der Waals surface area contributed by atoms with Crippen molar-refractivity contribution in [3.63, 3.8) is 0 Å². The van der Waals surface area contributed by atoms with E-state index in [4.69, 9.17) is 4.74 Å². The summed E-state index contributed by atoms with van der Waals surface area (Å²) in [5, 5.41) is 3.08. The monoisotopic (exact) mass is 396 g/mol. The third kappa shape index (κ3) is 3.88. The molecule has 0 aromatic heterocycles. The minimum absolute atomic E-state index is 0.0381. The predicted molar refractivity (Wildman–Crippen MR) is 110 cm³/mol. The van der Waals surface area contributed by atoms with Gasteiger partial charge in [-0.2, -0.15) is 0 Å². The number of carbonyl (C=O) groups excluding carboxylic acids is 2. The van der Waals surface area contributed by atoms with Crippen molar-refractivity contribution >= 4 is 11.8 Å². The molecule has 2 amide bonds. The van der Waals surface area contributed by atoms with Crippen LogP contribution in [0.2, 0.25) is 0 Å². The maximum absolute atomic E-state index is 13.5. The molecule has 5 fully saturated rings. The van der Waals surface area contributed by atoms with E-state index in [9.17, 15) is 9.59 Å². The van der Waals surface area contributed by atoms with E-state index in [-0.39, 0.29) is 24.0 Å². The van der Waals surface area contributed by atoms with Crippen LogP contribution in [0.4, 0.5) is 0 Å². The highest BCUT2D eigenvalue weighted by atomic mass is 16.5. The van der Waals surface area contributed by atoms with Crippen molar-refractivity contribution in [2.45, 2.75) is 57.4 Å². The van der Waals surface area contributed by atoms with Gasteiger partial charge in [-0.25, -0.2) is 0 Å². The van der Waals surface area contributed by atoms with E-state index < -0.39 is 0 Å². The normalized spacial score (nSPS) is 33.5. The number of benzene rings is 1. The van der Waals surface area contributed by atoms with Crippen LogP contribution >= 0.6 is 0 Å². The summed E-state index contributed by atoms with van der Waals surface area (Å²) in [5.41, 5.74) is -0.0473. The summed E-state index contributed by atoms with van der Waals surface area (Å²) in [4.78, 5) is 27.8. The first kappa shape index (κ1) is 19.0. The van der Waals surface area contributed by atoms with Crippen molar-refractivity contribution in [1.82, 2.24) is 10.2 Å². The van der Waals surface area contributed by atoms with Crippen LogP contribution in [0, 0.1) is 23.2 Å². The lowest BCUT2D eigenvalue weighted by molar-refractivity contribution is -0.158. The van der Waals surface area contributed by atoms with E-state index in [1.807, 2.05) is 30.3 Å². The molecule has 0 spiro atoms. The summed E-state index contributed by atoms with van der Waals surface area (Å²) in [6, 6.07) is 9.55. The maximum Gasteiger partial charge on any atom is 0.258 e. The Morgan fingerprint density at radius 2 is 1.55 bits per heavy atom. The number of piperidine rings is 1. The molecule has 4 aliphatic carbocycles. The average Bonchev–Trinajstić information content (AvgIpc) is 2.72. The number of hydrogen-bond acceptors (Lipinski definition) is 3. The number of para-hydroxylation sites is 1. The molecule has 4 saturated carbocycles. The van der Waals surface area contributed by atoms with Crippen LogP contribution in [0.5, 0.6) is 5.75 Å². The molecular formula is C24H32N2O3. The summed E-state index contributed by atoms with van der Waals surface area (Å²) in [6.45, 7) is 1.58. The van der Waals surface area contributed by atoms with Crippen molar-refractivity contribution < 1.29 is 14.3 Å². The minimum atomic E-state index is -0.0836. The number of hydrogen-bond donors (Lipinski definition) is 1. The Morgan fingerprint density at radius 1 is 0.966 bits per heavy atom. The van der Waals surface area contributed by atoms with Gasteiger partial charge in [0.25, 0.3) is 5.91 Å². The number of likely N-dealkylation sites (tertiary alicyclic amines) is 1. The lowest BCUT2D eigenvalue weighted by Gasteiger charge is -2.57. The van der Waals surface area contributed by atoms with E-state index >= 15 is 0 Å². The van der Waals surface area contributed by atoms with Gasteiger partial charge < -0.3 is 15.0 Å². The molecule has 5 aliphatic rings. The minimum Gasteiger partial charge on any atom is -0.484 e. The van der Waals surface area contributed by atoms with E-state index in [0.29, 0.717) is 11.7 Å². The molecule has 5 nitrogen and oxygen atoms in total. The second-order valence-corrected chi connectivity index (χ2v) is 9.93. The Bertz CT molecular complexity index is 719. The highest BCUT2D eigenvalue weighted by molar-refractivity contribution is 5.83. The Balaban J connectivity index is 1.10. The quantitative estimate of drug-likeness (QED) is 0.830. The second-order valence-electron chi connectivity index (χ2n) is 9.93. The molecule has 1 N–H and O–H groups in total.